The zero-order valence-electron chi connectivity index (χ0n) is 27.1. The molecule has 240 valence electrons. The number of urea groups is 1. The minimum absolute atomic E-state index is 0.0865. The molecule has 2 aliphatic rings. The molecule has 2 fully saturated rings. The highest BCUT2D eigenvalue weighted by atomic mass is 16.2. The van der Waals surface area contributed by atoms with Crippen molar-refractivity contribution in [3.63, 3.8) is 0 Å². The zero-order chi connectivity index (χ0) is 31.3. The van der Waals surface area contributed by atoms with E-state index in [-0.39, 0.29) is 18.0 Å². The predicted octanol–water partition coefficient (Wildman–Crippen LogP) is 5.34. The number of hydrogen-bond acceptors (Lipinski definition) is 5. The van der Waals surface area contributed by atoms with Gasteiger partial charge in [0.2, 0.25) is 5.91 Å². The van der Waals surface area contributed by atoms with E-state index in [2.05, 4.69) is 51.9 Å². The number of hydrogen-bond donors (Lipinski definition) is 2. The van der Waals surface area contributed by atoms with E-state index in [0.717, 1.165) is 62.4 Å². The molecule has 2 atom stereocenters. The van der Waals surface area contributed by atoms with Crippen molar-refractivity contribution in [3.05, 3.63) is 53.6 Å². The summed E-state index contributed by atoms with van der Waals surface area (Å²) in [4.78, 5) is 35.6. The Morgan fingerprint density at radius 1 is 1.05 bits per heavy atom. The number of piperazine rings is 1. The number of benzene rings is 1. The Kier molecular flexibility index (Phi) is 13.1. The third-order valence-electron chi connectivity index (χ3n) is 9.29. The third kappa shape index (κ3) is 10.4. The monoisotopic (exact) mass is 603 g/mol. The Morgan fingerprint density at radius 2 is 1.82 bits per heavy atom. The first-order chi connectivity index (χ1) is 21.3. The number of amides is 3. The van der Waals surface area contributed by atoms with Crippen molar-refractivity contribution in [1.82, 2.24) is 30.0 Å². The lowest BCUT2D eigenvalue weighted by atomic mass is 9.95. The van der Waals surface area contributed by atoms with Crippen molar-refractivity contribution < 1.29 is 9.59 Å². The number of nitrogens with one attached hydrogen (secondary N) is 2. The van der Waals surface area contributed by atoms with Gasteiger partial charge in [-0.2, -0.15) is 5.26 Å². The first kappa shape index (κ1) is 33.5. The van der Waals surface area contributed by atoms with Crippen LogP contribution in [0.3, 0.4) is 0 Å². The van der Waals surface area contributed by atoms with Crippen molar-refractivity contribution in [2.24, 2.45) is 11.8 Å². The summed E-state index contributed by atoms with van der Waals surface area (Å²) in [5.74, 6) is 1.32. The van der Waals surface area contributed by atoms with Gasteiger partial charge in [0, 0.05) is 57.1 Å². The van der Waals surface area contributed by atoms with Crippen LogP contribution < -0.4 is 10.6 Å². The average Bonchev–Trinajstić information content (AvgIpc) is 3.47. The minimum atomic E-state index is -0.507. The average molecular weight is 604 g/mol. The highest BCUT2D eigenvalue weighted by Crippen LogP contribution is 2.20. The Labute approximate surface area is 264 Å². The van der Waals surface area contributed by atoms with Gasteiger partial charge < -0.3 is 20.1 Å². The van der Waals surface area contributed by atoms with Gasteiger partial charge in [-0.3, -0.25) is 9.69 Å². The first-order valence-electron chi connectivity index (χ1n) is 16.9. The van der Waals surface area contributed by atoms with Crippen molar-refractivity contribution in [1.29, 1.82) is 5.26 Å². The molecule has 44 heavy (non-hydrogen) atoms. The number of imidazole rings is 1. The summed E-state index contributed by atoms with van der Waals surface area (Å²) in [6.07, 6.45) is 14.8. The van der Waals surface area contributed by atoms with Gasteiger partial charge >= 0.3 is 6.03 Å². The van der Waals surface area contributed by atoms with Crippen LogP contribution in [0.2, 0.25) is 0 Å². The standard InChI is InChI=1S/C35H53N7O2/c1-27(2)8-7-9-28(3)17-19-40-20-21-42(35(44)39-31-10-5-4-6-11-31)33(25-40)34(43)38-18-16-32-23-37-26-41(32)24-30-14-12-29(22-36)13-15-30/h12-15,23,26-28,31,33H,4-11,16-21,24-25H2,1-3H3,(H,38,43)(H,39,44)/t28-,33+/m0/s1. The predicted molar refractivity (Wildman–Crippen MR) is 174 cm³/mol. The molecular formula is C35H53N7O2. The van der Waals surface area contributed by atoms with Crippen LogP contribution in [0.4, 0.5) is 4.79 Å². The molecule has 1 saturated heterocycles. The van der Waals surface area contributed by atoms with Crippen molar-refractivity contribution in [2.75, 3.05) is 32.7 Å². The first-order valence-corrected chi connectivity index (χ1v) is 16.9. The highest BCUT2D eigenvalue weighted by Gasteiger charge is 2.36. The van der Waals surface area contributed by atoms with Gasteiger partial charge in [-0.1, -0.05) is 71.4 Å². The molecule has 0 radical (unpaired) electrons. The largest absolute Gasteiger partial charge is 0.354 e. The molecule has 2 aromatic rings. The maximum atomic E-state index is 13.7. The van der Waals surface area contributed by atoms with Crippen LogP contribution in [0, 0.1) is 23.2 Å². The van der Waals surface area contributed by atoms with Gasteiger partial charge in [-0.25, -0.2) is 9.78 Å². The van der Waals surface area contributed by atoms with Crippen molar-refractivity contribution in [3.8, 4) is 6.07 Å². The lowest BCUT2D eigenvalue weighted by Gasteiger charge is -2.41. The quantitative estimate of drug-likeness (QED) is 0.303. The summed E-state index contributed by atoms with van der Waals surface area (Å²) in [5.41, 5.74) is 2.75. The summed E-state index contributed by atoms with van der Waals surface area (Å²) in [6, 6.07) is 9.32. The van der Waals surface area contributed by atoms with Gasteiger partial charge in [0.05, 0.1) is 18.0 Å². The Balaban J connectivity index is 1.32. The van der Waals surface area contributed by atoms with E-state index in [1.54, 1.807) is 11.2 Å². The van der Waals surface area contributed by atoms with Crippen LogP contribution in [0.5, 0.6) is 0 Å². The van der Waals surface area contributed by atoms with Crippen LogP contribution in [-0.2, 0) is 17.8 Å². The molecule has 3 amide bonds. The van der Waals surface area contributed by atoms with Gasteiger partial charge in [0.15, 0.2) is 0 Å². The topological polar surface area (TPSA) is 106 Å². The van der Waals surface area contributed by atoms with E-state index >= 15 is 0 Å². The molecule has 0 bridgehead atoms. The Morgan fingerprint density at radius 3 is 2.55 bits per heavy atom. The number of carbonyl (C=O) groups is 2. The lowest BCUT2D eigenvalue weighted by Crippen LogP contribution is -2.63. The van der Waals surface area contributed by atoms with E-state index in [0.29, 0.717) is 44.1 Å². The maximum absolute atomic E-state index is 13.7. The summed E-state index contributed by atoms with van der Waals surface area (Å²) < 4.78 is 2.07. The Hall–Kier alpha value is -3.38. The Bertz CT molecular complexity index is 1210. The molecule has 1 aliphatic heterocycles. The third-order valence-corrected chi connectivity index (χ3v) is 9.29. The van der Waals surface area contributed by atoms with Crippen LogP contribution in [-0.4, -0.2) is 76.1 Å². The second kappa shape index (κ2) is 17.2. The lowest BCUT2D eigenvalue weighted by molar-refractivity contribution is -0.127. The minimum Gasteiger partial charge on any atom is -0.354 e. The smallest absolute Gasteiger partial charge is 0.318 e. The maximum Gasteiger partial charge on any atom is 0.318 e. The fourth-order valence-electron chi connectivity index (χ4n) is 6.45. The number of rotatable bonds is 14. The zero-order valence-corrected chi connectivity index (χ0v) is 27.1. The second-order valence-corrected chi connectivity index (χ2v) is 13.4. The molecule has 1 aromatic heterocycles. The van der Waals surface area contributed by atoms with E-state index in [1.165, 1.54) is 25.7 Å². The van der Waals surface area contributed by atoms with Gasteiger partial charge in [0.25, 0.3) is 0 Å². The van der Waals surface area contributed by atoms with Gasteiger partial charge in [-0.05, 0) is 55.3 Å². The van der Waals surface area contributed by atoms with E-state index in [1.807, 2.05) is 30.5 Å². The van der Waals surface area contributed by atoms with Crippen LogP contribution in [0.25, 0.3) is 0 Å². The summed E-state index contributed by atoms with van der Waals surface area (Å²) in [6.45, 7) is 10.9. The molecule has 2 heterocycles. The van der Waals surface area contributed by atoms with Crippen molar-refractivity contribution in [2.45, 2.75) is 104 Å². The van der Waals surface area contributed by atoms with Crippen LogP contribution >= 0.6 is 0 Å². The second-order valence-electron chi connectivity index (χ2n) is 13.4. The fraction of sp³-hybridized carbons (Fsp3) is 0.657. The van der Waals surface area contributed by atoms with E-state index in [4.69, 9.17) is 5.26 Å². The van der Waals surface area contributed by atoms with E-state index < -0.39 is 6.04 Å². The molecule has 2 N–H and O–H groups in total. The molecule has 1 aliphatic carbocycles. The van der Waals surface area contributed by atoms with Gasteiger partial charge in [0.1, 0.15) is 6.04 Å². The molecule has 9 nitrogen and oxygen atoms in total. The van der Waals surface area contributed by atoms with Crippen molar-refractivity contribution >= 4 is 11.9 Å². The number of nitriles is 1. The molecule has 0 spiro atoms. The fourth-order valence-corrected chi connectivity index (χ4v) is 6.45. The summed E-state index contributed by atoms with van der Waals surface area (Å²) in [5, 5.41) is 15.5. The summed E-state index contributed by atoms with van der Waals surface area (Å²) >= 11 is 0. The molecule has 1 aromatic carbocycles. The highest BCUT2D eigenvalue weighted by molar-refractivity contribution is 5.87. The number of carbonyl (C=O) groups excluding carboxylic acids is 2. The normalized spacial score (nSPS) is 18.6. The number of aromatic nitrogens is 2. The molecule has 1 saturated carbocycles. The molecule has 9 heteroatoms. The van der Waals surface area contributed by atoms with E-state index in [9.17, 15) is 9.59 Å². The molecule has 4 rings (SSSR count). The SMILES string of the molecule is CC(C)CCC[C@H](C)CCN1CCN(C(=O)NC2CCCCC2)[C@@H](C(=O)NCCc2cncn2Cc2ccc(C#N)cc2)C1. The molecule has 0 unspecified atom stereocenters. The van der Waals surface area contributed by atoms with Gasteiger partial charge in [-0.15, -0.1) is 0 Å². The molecular weight excluding hydrogens is 550 g/mol. The number of nitrogens with zero attached hydrogens (tertiary/aromatic N) is 5. The summed E-state index contributed by atoms with van der Waals surface area (Å²) in [7, 11) is 0. The van der Waals surface area contributed by atoms with Crippen LogP contribution in [0.15, 0.2) is 36.8 Å². The van der Waals surface area contributed by atoms with Crippen LogP contribution in [0.1, 0.15) is 95.4 Å².